The standard InChI is InChI=1S/C28H36N4O2/c1-21-19-32(16-15-31(21)3)27-13-12-22(10-11-23-7-6-14-30(2)20-23)17-26(27)29-28(33)24-8-5-9-25(18-24)34-4/h5,8-9,12-13,17-18,21,23H,6-7,14-16,19-20H2,1-4H3,(H,29,33)/t21-,23?/m0/s1. The summed E-state index contributed by atoms with van der Waals surface area (Å²) in [4.78, 5) is 20.2. The molecule has 0 aliphatic carbocycles. The summed E-state index contributed by atoms with van der Waals surface area (Å²) >= 11 is 0. The van der Waals surface area contributed by atoms with E-state index in [2.05, 4.69) is 65.0 Å². The number of piperidine rings is 1. The maximum atomic E-state index is 13.2. The molecule has 0 saturated carbocycles. The molecule has 2 aliphatic heterocycles. The Morgan fingerprint density at radius 3 is 2.71 bits per heavy atom. The van der Waals surface area contributed by atoms with Gasteiger partial charge >= 0.3 is 0 Å². The average molecular weight is 461 g/mol. The van der Waals surface area contributed by atoms with E-state index < -0.39 is 0 Å². The number of carbonyl (C=O) groups is 1. The Balaban J connectivity index is 1.61. The summed E-state index contributed by atoms with van der Waals surface area (Å²) in [7, 11) is 5.93. The molecule has 2 heterocycles. The Morgan fingerprint density at radius 1 is 1.09 bits per heavy atom. The number of likely N-dealkylation sites (N-methyl/N-ethyl adjacent to an activating group) is 1. The number of amides is 1. The maximum Gasteiger partial charge on any atom is 0.255 e. The summed E-state index contributed by atoms with van der Waals surface area (Å²) in [5, 5.41) is 3.16. The highest BCUT2D eigenvalue weighted by atomic mass is 16.5. The lowest BCUT2D eigenvalue weighted by atomic mass is 9.98. The molecule has 1 unspecified atom stereocenters. The van der Waals surface area contributed by atoms with Crippen molar-refractivity contribution in [2.45, 2.75) is 25.8 Å². The minimum absolute atomic E-state index is 0.152. The molecule has 0 bridgehead atoms. The number of nitrogens with zero attached hydrogens (tertiary/aromatic N) is 3. The van der Waals surface area contributed by atoms with E-state index in [1.54, 1.807) is 19.2 Å². The van der Waals surface area contributed by atoms with Crippen LogP contribution in [0.4, 0.5) is 11.4 Å². The van der Waals surface area contributed by atoms with Crippen LogP contribution in [0.1, 0.15) is 35.7 Å². The molecule has 180 valence electrons. The molecular weight excluding hydrogens is 424 g/mol. The summed E-state index contributed by atoms with van der Waals surface area (Å²) in [6.45, 7) is 7.23. The van der Waals surface area contributed by atoms with Crippen LogP contribution in [0.2, 0.25) is 0 Å². The van der Waals surface area contributed by atoms with Crippen molar-refractivity contribution in [1.29, 1.82) is 0 Å². The van der Waals surface area contributed by atoms with Crippen LogP contribution in [0.3, 0.4) is 0 Å². The van der Waals surface area contributed by atoms with Crippen molar-refractivity contribution in [3.63, 3.8) is 0 Å². The summed E-state index contributed by atoms with van der Waals surface area (Å²) in [6, 6.07) is 13.9. The van der Waals surface area contributed by atoms with Gasteiger partial charge in [-0.25, -0.2) is 0 Å². The molecule has 1 N–H and O–H groups in total. The van der Waals surface area contributed by atoms with Crippen LogP contribution >= 0.6 is 0 Å². The first kappa shape index (κ1) is 24.1. The van der Waals surface area contributed by atoms with Gasteiger partial charge in [-0.1, -0.05) is 17.9 Å². The molecule has 6 nitrogen and oxygen atoms in total. The number of piperazine rings is 1. The fourth-order valence-electron chi connectivity index (χ4n) is 4.69. The summed E-state index contributed by atoms with van der Waals surface area (Å²) in [6.07, 6.45) is 2.34. The van der Waals surface area contributed by atoms with Gasteiger partial charge in [0, 0.05) is 49.3 Å². The van der Waals surface area contributed by atoms with E-state index in [4.69, 9.17) is 4.74 Å². The Hall–Kier alpha value is -3.01. The van der Waals surface area contributed by atoms with E-state index in [0.717, 1.165) is 56.1 Å². The van der Waals surface area contributed by atoms with Gasteiger partial charge in [-0.3, -0.25) is 4.79 Å². The van der Waals surface area contributed by atoms with E-state index in [9.17, 15) is 4.79 Å². The lowest BCUT2D eigenvalue weighted by Gasteiger charge is -2.39. The van der Waals surface area contributed by atoms with Crippen LogP contribution in [0.15, 0.2) is 42.5 Å². The van der Waals surface area contributed by atoms with Gasteiger partial charge in [0.2, 0.25) is 0 Å². The van der Waals surface area contributed by atoms with Crippen LogP contribution in [0, 0.1) is 17.8 Å². The number of carbonyl (C=O) groups excluding carboxylic acids is 1. The first-order valence-corrected chi connectivity index (χ1v) is 12.2. The molecule has 2 fully saturated rings. The molecule has 2 saturated heterocycles. The zero-order chi connectivity index (χ0) is 24.1. The number of ether oxygens (including phenoxy) is 1. The molecule has 4 rings (SSSR count). The highest BCUT2D eigenvalue weighted by Crippen LogP contribution is 2.30. The van der Waals surface area contributed by atoms with Gasteiger partial charge in [0.05, 0.1) is 18.5 Å². The van der Waals surface area contributed by atoms with E-state index in [1.807, 2.05) is 18.2 Å². The molecule has 1 amide bonds. The number of benzene rings is 2. The molecule has 6 heteroatoms. The van der Waals surface area contributed by atoms with E-state index in [0.29, 0.717) is 23.3 Å². The van der Waals surface area contributed by atoms with Crippen LogP contribution in [0.25, 0.3) is 0 Å². The molecule has 34 heavy (non-hydrogen) atoms. The highest BCUT2D eigenvalue weighted by molar-refractivity contribution is 6.06. The highest BCUT2D eigenvalue weighted by Gasteiger charge is 2.23. The molecule has 2 aromatic carbocycles. The van der Waals surface area contributed by atoms with Crippen molar-refractivity contribution in [2.75, 3.05) is 64.1 Å². The Bertz CT molecular complexity index is 1070. The van der Waals surface area contributed by atoms with Gasteiger partial charge in [-0.05, 0) is 76.8 Å². The minimum atomic E-state index is -0.152. The van der Waals surface area contributed by atoms with Crippen molar-refractivity contribution >= 4 is 17.3 Å². The predicted molar refractivity (Wildman–Crippen MR) is 139 cm³/mol. The van der Waals surface area contributed by atoms with Crippen LogP contribution < -0.4 is 15.0 Å². The van der Waals surface area contributed by atoms with Gasteiger partial charge in [-0.15, -0.1) is 0 Å². The van der Waals surface area contributed by atoms with Gasteiger partial charge in [0.1, 0.15) is 5.75 Å². The molecule has 0 aromatic heterocycles. The van der Waals surface area contributed by atoms with Crippen molar-refractivity contribution in [3.05, 3.63) is 53.6 Å². The summed E-state index contributed by atoms with van der Waals surface area (Å²) in [5.41, 5.74) is 3.34. The van der Waals surface area contributed by atoms with E-state index in [-0.39, 0.29) is 5.91 Å². The summed E-state index contributed by atoms with van der Waals surface area (Å²) in [5.74, 6) is 7.75. The van der Waals surface area contributed by atoms with Gasteiger partial charge in [-0.2, -0.15) is 0 Å². The monoisotopic (exact) mass is 460 g/mol. The number of rotatable bonds is 4. The molecule has 2 atom stereocenters. The third-order valence-electron chi connectivity index (χ3n) is 6.92. The number of likely N-dealkylation sites (tertiary alicyclic amines) is 1. The van der Waals surface area contributed by atoms with Gasteiger partial charge in [0.25, 0.3) is 5.91 Å². The second-order valence-electron chi connectivity index (χ2n) is 9.56. The second-order valence-corrected chi connectivity index (χ2v) is 9.56. The number of methoxy groups -OCH3 is 1. The van der Waals surface area contributed by atoms with E-state index in [1.165, 1.54) is 6.42 Å². The predicted octanol–water partition coefficient (Wildman–Crippen LogP) is 3.78. The van der Waals surface area contributed by atoms with E-state index >= 15 is 0 Å². The normalized spacial score (nSPS) is 21.5. The van der Waals surface area contributed by atoms with Crippen LogP contribution in [-0.4, -0.2) is 75.7 Å². The third kappa shape index (κ3) is 5.91. The molecule has 2 aromatic rings. The Kier molecular flexibility index (Phi) is 7.77. The molecule has 0 spiro atoms. The Morgan fingerprint density at radius 2 is 1.94 bits per heavy atom. The molecule has 2 aliphatic rings. The van der Waals surface area contributed by atoms with Crippen molar-refractivity contribution in [1.82, 2.24) is 9.80 Å². The fraction of sp³-hybridized carbons (Fsp3) is 0.464. The lowest BCUT2D eigenvalue weighted by Crippen LogP contribution is -2.50. The van der Waals surface area contributed by atoms with Crippen LogP contribution in [0.5, 0.6) is 5.75 Å². The number of hydrogen-bond acceptors (Lipinski definition) is 5. The largest absolute Gasteiger partial charge is 0.497 e. The van der Waals surface area contributed by atoms with Crippen molar-refractivity contribution in [2.24, 2.45) is 5.92 Å². The van der Waals surface area contributed by atoms with Crippen LogP contribution in [-0.2, 0) is 0 Å². The molecule has 0 radical (unpaired) electrons. The second kappa shape index (κ2) is 10.9. The van der Waals surface area contributed by atoms with Gasteiger partial charge in [0.15, 0.2) is 0 Å². The maximum absolute atomic E-state index is 13.2. The lowest BCUT2D eigenvalue weighted by molar-refractivity contribution is 0.102. The van der Waals surface area contributed by atoms with Crippen molar-refractivity contribution < 1.29 is 9.53 Å². The van der Waals surface area contributed by atoms with Crippen molar-refractivity contribution in [3.8, 4) is 17.6 Å². The molecular formula is C28H36N4O2. The smallest absolute Gasteiger partial charge is 0.255 e. The Labute approximate surface area is 203 Å². The first-order chi connectivity index (χ1) is 16.4. The van der Waals surface area contributed by atoms with Gasteiger partial charge < -0.3 is 24.8 Å². The zero-order valence-corrected chi connectivity index (χ0v) is 20.8. The first-order valence-electron chi connectivity index (χ1n) is 12.2. The quantitative estimate of drug-likeness (QED) is 0.704. The SMILES string of the molecule is COc1cccc(C(=O)Nc2cc(C#CC3CCCN(C)C3)ccc2N2CCN(C)[C@@H](C)C2)c1. The topological polar surface area (TPSA) is 48.1 Å². The number of anilines is 2. The zero-order valence-electron chi connectivity index (χ0n) is 20.8. The minimum Gasteiger partial charge on any atom is -0.497 e. The summed E-state index contributed by atoms with van der Waals surface area (Å²) < 4.78 is 5.30. The fourth-order valence-corrected chi connectivity index (χ4v) is 4.69. The third-order valence-corrected chi connectivity index (χ3v) is 6.92. The number of nitrogens with one attached hydrogen (secondary N) is 1. The average Bonchev–Trinajstić information content (AvgIpc) is 2.85. The number of hydrogen-bond donors (Lipinski definition) is 1.